The lowest BCUT2D eigenvalue weighted by Crippen LogP contribution is -2.38. The summed E-state index contributed by atoms with van der Waals surface area (Å²) in [6.07, 6.45) is 32.1. The Labute approximate surface area is 260 Å². The number of rotatable bonds is 33. The molecule has 0 aliphatic heterocycles. The van der Waals surface area contributed by atoms with Gasteiger partial charge in [0.05, 0.1) is 6.61 Å². The van der Waals surface area contributed by atoms with Gasteiger partial charge in [-0.15, -0.1) is 0 Å². The smallest absolute Gasteiger partial charge is 0.164 e. The van der Waals surface area contributed by atoms with Gasteiger partial charge in [0.2, 0.25) is 0 Å². The van der Waals surface area contributed by atoms with E-state index in [2.05, 4.69) is 26.0 Å². The first-order chi connectivity index (χ1) is 20.5. The van der Waals surface area contributed by atoms with Crippen molar-refractivity contribution in [3.8, 4) is 0 Å². The average molecular weight is 595 g/mol. The maximum absolute atomic E-state index is 13.0. The normalized spacial score (nSPS) is 13.9. The fourth-order valence-electron chi connectivity index (χ4n) is 5.68. The lowest BCUT2D eigenvalue weighted by atomic mass is 9.87. The molecule has 0 fully saturated rings. The molecule has 0 aliphatic carbocycles. The lowest BCUT2D eigenvalue weighted by molar-refractivity contribution is -0.138. The largest absolute Gasteiger partial charge is 0.394 e. The molecule has 5 heteroatoms. The number of aliphatic hydroxyl groups is 3. The fraction of sp³-hybridized carbons (Fsp3) is 0.892. The van der Waals surface area contributed by atoms with Gasteiger partial charge in [-0.3, -0.25) is 9.59 Å². The second-order valence-corrected chi connectivity index (χ2v) is 12.7. The second-order valence-electron chi connectivity index (χ2n) is 12.7. The highest BCUT2D eigenvalue weighted by molar-refractivity contribution is 5.90. The van der Waals surface area contributed by atoms with Crippen molar-refractivity contribution in [3.05, 3.63) is 12.2 Å². The number of unbranched alkanes of at least 4 members (excludes halogenated alkanes) is 21. The van der Waals surface area contributed by atoms with Gasteiger partial charge in [0.15, 0.2) is 5.78 Å². The highest BCUT2D eigenvalue weighted by Gasteiger charge is 2.28. The maximum Gasteiger partial charge on any atom is 0.164 e. The number of allylic oxidation sites excluding steroid dienone is 2. The monoisotopic (exact) mass is 595 g/mol. The lowest BCUT2D eigenvalue weighted by Gasteiger charge is -2.19. The molecule has 0 saturated carbocycles. The van der Waals surface area contributed by atoms with E-state index in [4.69, 9.17) is 5.11 Å². The van der Waals surface area contributed by atoms with Crippen molar-refractivity contribution in [2.45, 2.75) is 199 Å². The number of aliphatic hydroxyl groups excluding tert-OH is 3. The third-order valence-electron chi connectivity index (χ3n) is 8.63. The molecular weight excluding hydrogens is 524 g/mol. The highest BCUT2D eigenvalue weighted by Crippen LogP contribution is 2.21. The van der Waals surface area contributed by atoms with Crippen molar-refractivity contribution in [1.29, 1.82) is 0 Å². The zero-order chi connectivity index (χ0) is 31.1. The summed E-state index contributed by atoms with van der Waals surface area (Å²) >= 11 is 0. The maximum atomic E-state index is 13.0. The van der Waals surface area contributed by atoms with Crippen molar-refractivity contribution in [2.24, 2.45) is 5.92 Å². The van der Waals surface area contributed by atoms with Crippen LogP contribution in [0.1, 0.15) is 187 Å². The van der Waals surface area contributed by atoms with Crippen LogP contribution in [-0.4, -0.2) is 45.7 Å². The molecule has 42 heavy (non-hydrogen) atoms. The van der Waals surface area contributed by atoms with Crippen LogP contribution in [0.4, 0.5) is 0 Å². The molecule has 0 bridgehead atoms. The number of ketones is 2. The van der Waals surface area contributed by atoms with Crippen LogP contribution < -0.4 is 0 Å². The average Bonchev–Trinajstić information content (AvgIpc) is 3.00. The Morgan fingerprint density at radius 1 is 0.548 bits per heavy atom. The Morgan fingerprint density at radius 3 is 1.40 bits per heavy atom. The first-order valence-corrected chi connectivity index (χ1v) is 18.1. The Hall–Kier alpha value is -1.04. The van der Waals surface area contributed by atoms with Crippen LogP contribution in [-0.2, 0) is 9.59 Å². The standard InChI is InChI=1S/C37H70O5/c1-3-5-7-9-11-13-15-16-17-18-20-22-24-26-28-30-34(39)33(31-35(40)37(42)36(41)32-38)29-27-25-23-21-19-14-12-10-8-6-4-2/h14,19,33,36-38,41-42H,3-13,15-18,20-32H2,1-2H3/b19-14-. The number of Topliss-reactive ketones (excluding diaryl/α,β-unsaturated/α-hetero) is 2. The van der Waals surface area contributed by atoms with Crippen molar-refractivity contribution in [1.82, 2.24) is 0 Å². The molecule has 0 aromatic heterocycles. The molecule has 0 saturated heterocycles. The summed E-state index contributed by atoms with van der Waals surface area (Å²) in [4.78, 5) is 25.5. The summed E-state index contributed by atoms with van der Waals surface area (Å²) in [5, 5.41) is 28.8. The number of carbonyl (C=O) groups excluding carboxylic acids is 2. The Morgan fingerprint density at radius 2 is 0.952 bits per heavy atom. The molecule has 0 spiro atoms. The first-order valence-electron chi connectivity index (χ1n) is 18.1. The Kier molecular flexibility index (Phi) is 30.6. The Bertz CT molecular complexity index is 632. The molecule has 0 heterocycles. The van der Waals surface area contributed by atoms with E-state index in [1.165, 1.54) is 103 Å². The van der Waals surface area contributed by atoms with Crippen LogP contribution in [0.3, 0.4) is 0 Å². The van der Waals surface area contributed by atoms with Crippen LogP contribution in [0, 0.1) is 5.92 Å². The van der Waals surface area contributed by atoms with Gasteiger partial charge in [0, 0.05) is 18.8 Å². The van der Waals surface area contributed by atoms with Crippen LogP contribution in [0.15, 0.2) is 12.2 Å². The summed E-state index contributed by atoms with van der Waals surface area (Å²) in [5.41, 5.74) is 0. The molecule has 5 nitrogen and oxygen atoms in total. The van der Waals surface area contributed by atoms with E-state index in [1.807, 2.05) is 0 Å². The molecule has 0 amide bonds. The molecule has 3 N–H and O–H groups in total. The fourth-order valence-corrected chi connectivity index (χ4v) is 5.68. The van der Waals surface area contributed by atoms with Gasteiger partial charge >= 0.3 is 0 Å². The van der Waals surface area contributed by atoms with E-state index >= 15 is 0 Å². The minimum Gasteiger partial charge on any atom is -0.394 e. The highest BCUT2D eigenvalue weighted by atomic mass is 16.4. The van der Waals surface area contributed by atoms with Crippen molar-refractivity contribution in [2.75, 3.05) is 6.61 Å². The van der Waals surface area contributed by atoms with E-state index in [-0.39, 0.29) is 12.2 Å². The zero-order valence-electron chi connectivity index (χ0n) is 27.8. The predicted molar refractivity (Wildman–Crippen MR) is 178 cm³/mol. The summed E-state index contributed by atoms with van der Waals surface area (Å²) in [5.74, 6) is -0.841. The SMILES string of the molecule is CCCCCC/C=C\CCCCCC(CC(=O)C(O)C(O)CO)C(=O)CCCCCCCCCCCCCCCCC. The van der Waals surface area contributed by atoms with E-state index in [0.717, 1.165) is 51.4 Å². The minimum atomic E-state index is -1.63. The van der Waals surface area contributed by atoms with Crippen molar-refractivity contribution < 1.29 is 24.9 Å². The van der Waals surface area contributed by atoms with Gasteiger partial charge in [-0.05, 0) is 38.5 Å². The molecule has 0 aromatic carbocycles. The first kappa shape index (κ1) is 41.0. The minimum absolute atomic E-state index is 0.0482. The van der Waals surface area contributed by atoms with Gasteiger partial charge in [0.1, 0.15) is 18.0 Å². The van der Waals surface area contributed by atoms with Gasteiger partial charge in [0.25, 0.3) is 0 Å². The Balaban J connectivity index is 4.18. The van der Waals surface area contributed by atoms with E-state index in [0.29, 0.717) is 12.8 Å². The molecule has 0 aromatic rings. The van der Waals surface area contributed by atoms with E-state index in [9.17, 15) is 19.8 Å². The molecule has 248 valence electrons. The summed E-state index contributed by atoms with van der Waals surface area (Å²) in [7, 11) is 0. The second kappa shape index (κ2) is 31.4. The van der Waals surface area contributed by atoms with Gasteiger partial charge < -0.3 is 15.3 Å². The zero-order valence-corrected chi connectivity index (χ0v) is 27.8. The number of hydrogen-bond acceptors (Lipinski definition) is 5. The molecule has 0 aliphatic rings. The summed E-state index contributed by atoms with van der Waals surface area (Å²) < 4.78 is 0. The third kappa shape index (κ3) is 25.5. The van der Waals surface area contributed by atoms with Gasteiger partial charge in [-0.1, -0.05) is 148 Å². The van der Waals surface area contributed by atoms with Crippen LogP contribution in [0.5, 0.6) is 0 Å². The molecule has 3 unspecified atom stereocenters. The van der Waals surface area contributed by atoms with Crippen LogP contribution >= 0.6 is 0 Å². The number of carbonyl (C=O) groups is 2. The van der Waals surface area contributed by atoms with Crippen molar-refractivity contribution in [3.63, 3.8) is 0 Å². The van der Waals surface area contributed by atoms with Gasteiger partial charge in [-0.25, -0.2) is 0 Å². The van der Waals surface area contributed by atoms with Crippen molar-refractivity contribution >= 4 is 11.6 Å². The number of hydrogen-bond donors (Lipinski definition) is 3. The molecular formula is C37H70O5. The molecule has 0 radical (unpaired) electrons. The predicted octanol–water partition coefficient (Wildman–Crippen LogP) is 9.58. The van der Waals surface area contributed by atoms with E-state index in [1.54, 1.807) is 0 Å². The van der Waals surface area contributed by atoms with Gasteiger partial charge in [-0.2, -0.15) is 0 Å². The third-order valence-corrected chi connectivity index (χ3v) is 8.63. The van der Waals surface area contributed by atoms with E-state index < -0.39 is 30.5 Å². The summed E-state index contributed by atoms with van der Waals surface area (Å²) in [6.45, 7) is 3.82. The quantitative estimate of drug-likeness (QED) is 0.0519. The molecule has 0 rings (SSSR count). The summed E-state index contributed by atoms with van der Waals surface area (Å²) in [6, 6.07) is 0. The van der Waals surface area contributed by atoms with Crippen LogP contribution in [0.2, 0.25) is 0 Å². The molecule has 3 atom stereocenters. The topological polar surface area (TPSA) is 94.8 Å². The van der Waals surface area contributed by atoms with Crippen LogP contribution in [0.25, 0.3) is 0 Å².